The van der Waals surface area contributed by atoms with Gasteiger partial charge >= 0.3 is 5.97 Å². The van der Waals surface area contributed by atoms with Gasteiger partial charge in [-0.15, -0.1) is 0 Å². The number of methoxy groups -OCH3 is 1. The first kappa shape index (κ1) is 13.7. The summed E-state index contributed by atoms with van der Waals surface area (Å²) in [5.74, 6) is 0.0757. The Morgan fingerprint density at radius 1 is 1.19 bits per heavy atom. The molecule has 0 aromatic heterocycles. The topological polar surface area (TPSA) is 46.5 Å². The lowest BCUT2D eigenvalue weighted by atomic mass is 9.80. The number of hydrogen-bond acceptors (Lipinski definition) is 2. The molecule has 0 amide bonds. The summed E-state index contributed by atoms with van der Waals surface area (Å²) in [4.78, 5) is 11.6. The molecule has 0 heterocycles. The number of ether oxygens (including phenoxy) is 1. The second kappa shape index (κ2) is 4.92. The van der Waals surface area contributed by atoms with Gasteiger partial charge in [0.2, 0.25) is 0 Å². The van der Waals surface area contributed by atoms with E-state index in [1.807, 2.05) is 37.3 Å². The number of allylic oxidation sites excluding steroid dienone is 1. The first-order valence-electron chi connectivity index (χ1n) is 7.07. The first-order chi connectivity index (χ1) is 10.0. The summed E-state index contributed by atoms with van der Waals surface area (Å²) in [6, 6.07) is 12.0. The second-order valence-electron chi connectivity index (χ2n) is 5.72. The molecule has 0 aliphatic heterocycles. The van der Waals surface area contributed by atoms with E-state index in [1.165, 1.54) is 0 Å². The van der Waals surface area contributed by atoms with Crippen molar-refractivity contribution in [1.29, 1.82) is 0 Å². The lowest BCUT2D eigenvalue weighted by molar-refractivity contribution is -0.144. The Bertz CT molecular complexity index is 745. The zero-order chi connectivity index (χ0) is 15.0. The highest BCUT2D eigenvalue weighted by Crippen LogP contribution is 2.45. The van der Waals surface area contributed by atoms with Crippen LogP contribution in [0.3, 0.4) is 0 Å². The van der Waals surface area contributed by atoms with Gasteiger partial charge in [-0.1, -0.05) is 24.3 Å². The molecule has 1 aliphatic rings. The highest BCUT2D eigenvalue weighted by atomic mass is 16.5. The minimum Gasteiger partial charge on any atom is -0.497 e. The second-order valence-corrected chi connectivity index (χ2v) is 5.72. The molecule has 0 saturated carbocycles. The van der Waals surface area contributed by atoms with Crippen molar-refractivity contribution in [2.45, 2.75) is 19.8 Å². The Morgan fingerprint density at radius 3 is 2.62 bits per heavy atom. The molecule has 3 heteroatoms. The number of carboxylic acids is 1. The monoisotopic (exact) mass is 282 g/mol. The molecule has 1 aliphatic carbocycles. The quantitative estimate of drug-likeness (QED) is 0.921. The highest BCUT2D eigenvalue weighted by molar-refractivity contribution is 5.95. The summed E-state index contributed by atoms with van der Waals surface area (Å²) < 4.78 is 5.23. The Labute approximate surface area is 123 Å². The van der Waals surface area contributed by atoms with Crippen molar-refractivity contribution in [3.8, 4) is 5.75 Å². The molecule has 3 rings (SSSR count). The van der Waals surface area contributed by atoms with Crippen molar-refractivity contribution in [1.82, 2.24) is 0 Å². The van der Waals surface area contributed by atoms with Crippen molar-refractivity contribution in [2.24, 2.45) is 5.41 Å². The van der Waals surface area contributed by atoms with Gasteiger partial charge in [0.25, 0.3) is 0 Å². The third kappa shape index (κ3) is 2.19. The lowest BCUT2D eigenvalue weighted by Crippen LogP contribution is -2.26. The van der Waals surface area contributed by atoms with Gasteiger partial charge in [0.1, 0.15) is 5.75 Å². The largest absolute Gasteiger partial charge is 0.497 e. The molecule has 1 atom stereocenters. The SMILES string of the molecule is COc1ccc2cc(C3=CCC[C@@]3(C)C(=O)O)ccc2c1. The van der Waals surface area contributed by atoms with Crippen LogP contribution in [0.2, 0.25) is 0 Å². The molecule has 0 unspecified atom stereocenters. The van der Waals surface area contributed by atoms with E-state index >= 15 is 0 Å². The fraction of sp³-hybridized carbons (Fsp3) is 0.278. The van der Waals surface area contributed by atoms with Gasteiger partial charge < -0.3 is 9.84 Å². The molecule has 1 N–H and O–H groups in total. The fourth-order valence-electron chi connectivity index (χ4n) is 3.04. The Balaban J connectivity index is 2.08. The summed E-state index contributed by atoms with van der Waals surface area (Å²) >= 11 is 0. The predicted molar refractivity (Wildman–Crippen MR) is 83.5 cm³/mol. The van der Waals surface area contributed by atoms with Crippen LogP contribution in [0, 0.1) is 5.41 Å². The molecule has 2 aromatic rings. The summed E-state index contributed by atoms with van der Waals surface area (Å²) in [7, 11) is 1.65. The maximum Gasteiger partial charge on any atom is 0.313 e. The Kier molecular flexibility index (Phi) is 3.20. The van der Waals surface area contributed by atoms with E-state index < -0.39 is 11.4 Å². The van der Waals surface area contributed by atoms with Crippen LogP contribution in [0.25, 0.3) is 16.3 Å². The summed E-state index contributed by atoms with van der Waals surface area (Å²) in [6.07, 6.45) is 3.54. The first-order valence-corrected chi connectivity index (χ1v) is 7.07. The zero-order valence-electron chi connectivity index (χ0n) is 12.2. The van der Waals surface area contributed by atoms with E-state index in [2.05, 4.69) is 12.1 Å². The number of rotatable bonds is 3. The molecule has 0 radical (unpaired) electrons. The van der Waals surface area contributed by atoms with Gasteiger partial charge in [-0.3, -0.25) is 4.79 Å². The van der Waals surface area contributed by atoms with Gasteiger partial charge in [-0.05, 0) is 59.9 Å². The van der Waals surface area contributed by atoms with Crippen LogP contribution in [-0.2, 0) is 4.79 Å². The van der Waals surface area contributed by atoms with E-state index in [0.29, 0.717) is 6.42 Å². The number of carbonyl (C=O) groups is 1. The molecule has 108 valence electrons. The Morgan fingerprint density at radius 2 is 1.90 bits per heavy atom. The van der Waals surface area contributed by atoms with Crippen molar-refractivity contribution < 1.29 is 14.6 Å². The third-order valence-electron chi connectivity index (χ3n) is 4.42. The number of fused-ring (bicyclic) bond motifs is 1. The highest BCUT2D eigenvalue weighted by Gasteiger charge is 2.40. The number of benzene rings is 2. The van der Waals surface area contributed by atoms with Crippen LogP contribution in [-0.4, -0.2) is 18.2 Å². The maximum atomic E-state index is 11.6. The van der Waals surface area contributed by atoms with Crippen LogP contribution in [0.15, 0.2) is 42.5 Å². The normalized spacial score (nSPS) is 21.3. The Hall–Kier alpha value is -2.29. The van der Waals surface area contributed by atoms with E-state index in [9.17, 15) is 9.90 Å². The van der Waals surface area contributed by atoms with Gasteiger partial charge in [0, 0.05) is 0 Å². The van der Waals surface area contributed by atoms with Crippen molar-refractivity contribution in [3.63, 3.8) is 0 Å². The van der Waals surface area contributed by atoms with Gasteiger partial charge in [-0.2, -0.15) is 0 Å². The van der Waals surface area contributed by atoms with E-state index in [1.54, 1.807) is 7.11 Å². The molecule has 0 bridgehead atoms. The molecule has 0 fully saturated rings. The maximum absolute atomic E-state index is 11.6. The van der Waals surface area contributed by atoms with Crippen LogP contribution < -0.4 is 4.74 Å². The van der Waals surface area contributed by atoms with Crippen LogP contribution in [0.4, 0.5) is 0 Å². The fourth-order valence-corrected chi connectivity index (χ4v) is 3.04. The molecular formula is C18H18O3. The van der Waals surface area contributed by atoms with Gasteiger partial charge in [0.05, 0.1) is 12.5 Å². The van der Waals surface area contributed by atoms with E-state index in [4.69, 9.17) is 4.74 Å². The van der Waals surface area contributed by atoms with Crippen LogP contribution >= 0.6 is 0 Å². The average molecular weight is 282 g/mol. The average Bonchev–Trinajstić information content (AvgIpc) is 2.89. The van der Waals surface area contributed by atoms with Gasteiger partial charge in [0.15, 0.2) is 0 Å². The summed E-state index contributed by atoms with van der Waals surface area (Å²) in [5, 5.41) is 11.7. The van der Waals surface area contributed by atoms with Crippen molar-refractivity contribution in [2.75, 3.05) is 7.11 Å². The number of aliphatic carboxylic acids is 1. The number of carboxylic acid groups (broad SMARTS) is 1. The molecule has 0 saturated heterocycles. The van der Waals surface area contributed by atoms with Crippen LogP contribution in [0.5, 0.6) is 5.75 Å². The molecule has 21 heavy (non-hydrogen) atoms. The summed E-state index contributed by atoms with van der Waals surface area (Å²) in [5.41, 5.74) is 1.14. The minimum absolute atomic E-state index is 0.665. The van der Waals surface area contributed by atoms with Crippen molar-refractivity contribution in [3.05, 3.63) is 48.0 Å². The molecule has 0 spiro atoms. The van der Waals surface area contributed by atoms with E-state index in [0.717, 1.165) is 34.1 Å². The smallest absolute Gasteiger partial charge is 0.313 e. The summed E-state index contributed by atoms with van der Waals surface area (Å²) in [6.45, 7) is 1.81. The lowest BCUT2D eigenvalue weighted by Gasteiger charge is -2.23. The molecule has 2 aromatic carbocycles. The third-order valence-corrected chi connectivity index (χ3v) is 4.42. The van der Waals surface area contributed by atoms with Crippen LogP contribution in [0.1, 0.15) is 25.3 Å². The minimum atomic E-state index is -0.778. The molecular weight excluding hydrogens is 264 g/mol. The molecule has 3 nitrogen and oxygen atoms in total. The standard InChI is InChI=1S/C18H18O3/c1-18(17(19)20)9-3-4-16(18)14-6-5-13-11-15(21-2)8-7-12(13)10-14/h4-8,10-11H,3,9H2,1-2H3,(H,19,20)/t18-/m1/s1. The van der Waals surface area contributed by atoms with Crippen molar-refractivity contribution >= 4 is 22.3 Å². The van der Waals surface area contributed by atoms with Gasteiger partial charge in [-0.25, -0.2) is 0 Å². The predicted octanol–water partition coefficient (Wildman–Crippen LogP) is 4.12. The number of hydrogen-bond donors (Lipinski definition) is 1. The zero-order valence-corrected chi connectivity index (χ0v) is 12.2. The van der Waals surface area contributed by atoms with E-state index in [-0.39, 0.29) is 0 Å².